The maximum Gasteiger partial charge on any atom is 0.0242 e. The topological polar surface area (TPSA) is 3.24 Å². The van der Waals surface area contributed by atoms with Crippen LogP contribution in [0, 0.1) is 5.41 Å². The van der Waals surface area contributed by atoms with Gasteiger partial charge in [-0.3, -0.25) is 0 Å². The van der Waals surface area contributed by atoms with Gasteiger partial charge >= 0.3 is 0 Å². The maximum atomic E-state index is 3.68. The van der Waals surface area contributed by atoms with Gasteiger partial charge in [0.25, 0.3) is 0 Å². The Morgan fingerprint density at radius 2 is 2.00 bits per heavy atom. The summed E-state index contributed by atoms with van der Waals surface area (Å²) in [5.41, 5.74) is 1.91. The molecule has 0 atom stereocenters. The van der Waals surface area contributed by atoms with Gasteiger partial charge in [-0.15, -0.1) is 0 Å². The zero-order valence-electron chi connectivity index (χ0n) is 10.3. The first-order valence-corrected chi connectivity index (χ1v) is 8.05. The molecule has 0 heterocycles. The molecule has 0 spiro atoms. The van der Waals surface area contributed by atoms with Crippen LogP contribution in [0.2, 0.25) is 0 Å². The first-order valence-electron chi connectivity index (χ1n) is 6.13. The molecule has 1 saturated carbocycles. The molecule has 3 heteroatoms. The standard InChI is InChI=1S/C14H19Br2N/c1-17(11-14(10-15)7-4-8-14)9-12-5-2-3-6-13(12)16/h2-3,5-6H,4,7-11H2,1H3. The Labute approximate surface area is 121 Å². The molecule has 1 nitrogen and oxygen atoms in total. The molecule has 0 bridgehead atoms. The smallest absolute Gasteiger partial charge is 0.0242 e. The molecule has 2 rings (SSSR count). The molecule has 0 aromatic heterocycles. The Morgan fingerprint density at radius 1 is 1.29 bits per heavy atom. The van der Waals surface area contributed by atoms with Crippen LogP contribution in [-0.4, -0.2) is 23.8 Å². The van der Waals surface area contributed by atoms with Gasteiger partial charge in [0.05, 0.1) is 0 Å². The van der Waals surface area contributed by atoms with Crippen molar-refractivity contribution in [1.29, 1.82) is 0 Å². The number of rotatable bonds is 5. The molecular formula is C14H19Br2N. The van der Waals surface area contributed by atoms with Crippen LogP contribution in [0.5, 0.6) is 0 Å². The van der Waals surface area contributed by atoms with Crippen molar-refractivity contribution in [2.75, 3.05) is 18.9 Å². The second-order valence-electron chi connectivity index (χ2n) is 5.25. The van der Waals surface area contributed by atoms with E-state index < -0.39 is 0 Å². The van der Waals surface area contributed by atoms with Gasteiger partial charge in [0.2, 0.25) is 0 Å². The van der Waals surface area contributed by atoms with Crippen LogP contribution >= 0.6 is 31.9 Å². The van der Waals surface area contributed by atoms with Gasteiger partial charge in [-0.25, -0.2) is 0 Å². The van der Waals surface area contributed by atoms with Gasteiger partial charge in [0, 0.05) is 22.9 Å². The van der Waals surface area contributed by atoms with Crippen molar-refractivity contribution >= 4 is 31.9 Å². The summed E-state index contributed by atoms with van der Waals surface area (Å²) in [6, 6.07) is 8.49. The maximum absolute atomic E-state index is 3.68. The highest BCUT2D eigenvalue weighted by molar-refractivity contribution is 9.10. The Bertz CT molecular complexity index is 369. The van der Waals surface area contributed by atoms with Crippen molar-refractivity contribution in [1.82, 2.24) is 4.90 Å². The summed E-state index contributed by atoms with van der Waals surface area (Å²) >= 11 is 7.29. The lowest BCUT2D eigenvalue weighted by Crippen LogP contribution is -2.41. The van der Waals surface area contributed by atoms with E-state index in [9.17, 15) is 0 Å². The highest BCUT2D eigenvalue weighted by Crippen LogP contribution is 2.43. The van der Waals surface area contributed by atoms with Gasteiger partial charge in [0.1, 0.15) is 0 Å². The highest BCUT2D eigenvalue weighted by atomic mass is 79.9. The summed E-state index contributed by atoms with van der Waals surface area (Å²) in [4.78, 5) is 2.44. The van der Waals surface area contributed by atoms with E-state index in [1.54, 1.807) is 0 Å². The summed E-state index contributed by atoms with van der Waals surface area (Å²) in [5.74, 6) is 0. The van der Waals surface area contributed by atoms with Crippen molar-refractivity contribution < 1.29 is 0 Å². The average molecular weight is 361 g/mol. The highest BCUT2D eigenvalue weighted by Gasteiger charge is 2.36. The molecule has 1 aliphatic carbocycles. The van der Waals surface area contributed by atoms with Crippen molar-refractivity contribution in [3.8, 4) is 0 Å². The molecule has 94 valence electrons. The van der Waals surface area contributed by atoms with Gasteiger partial charge < -0.3 is 4.90 Å². The van der Waals surface area contributed by atoms with E-state index in [1.807, 2.05) is 0 Å². The van der Waals surface area contributed by atoms with E-state index in [4.69, 9.17) is 0 Å². The van der Waals surface area contributed by atoms with E-state index in [1.165, 1.54) is 35.8 Å². The third-order valence-electron chi connectivity index (χ3n) is 3.70. The fourth-order valence-electron chi connectivity index (χ4n) is 2.56. The first kappa shape index (κ1) is 13.6. The molecule has 1 aromatic carbocycles. The minimum Gasteiger partial charge on any atom is -0.301 e. The third-order valence-corrected chi connectivity index (χ3v) is 5.66. The fourth-order valence-corrected chi connectivity index (χ4v) is 3.70. The molecule has 1 aromatic rings. The molecule has 0 radical (unpaired) electrons. The minimum atomic E-state index is 0.538. The molecular weight excluding hydrogens is 342 g/mol. The summed E-state index contributed by atoms with van der Waals surface area (Å²) in [5, 5.41) is 1.14. The molecule has 0 N–H and O–H groups in total. The van der Waals surface area contributed by atoms with Crippen LogP contribution < -0.4 is 0 Å². The van der Waals surface area contributed by atoms with Crippen LogP contribution in [0.4, 0.5) is 0 Å². The first-order chi connectivity index (χ1) is 8.15. The zero-order chi connectivity index (χ0) is 12.3. The summed E-state index contributed by atoms with van der Waals surface area (Å²) < 4.78 is 1.22. The van der Waals surface area contributed by atoms with E-state index in [0.717, 1.165) is 11.9 Å². The van der Waals surface area contributed by atoms with Crippen LogP contribution in [0.15, 0.2) is 28.7 Å². The van der Waals surface area contributed by atoms with Gasteiger partial charge in [0.15, 0.2) is 0 Å². The average Bonchev–Trinajstić information content (AvgIpc) is 2.27. The van der Waals surface area contributed by atoms with Crippen LogP contribution in [0.3, 0.4) is 0 Å². The van der Waals surface area contributed by atoms with E-state index in [2.05, 4.69) is 68.1 Å². The monoisotopic (exact) mass is 359 g/mol. The largest absolute Gasteiger partial charge is 0.301 e. The summed E-state index contributed by atoms with van der Waals surface area (Å²) in [6.45, 7) is 2.22. The van der Waals surface area contributed by atoms with Gasteiger partial charge in [-0.2, -0.15) is 0 Å². The quantitative estimate of drug-likeness (QED) is 0.701. The Balaban J connectivity index is 1.93. The number of hydrogen-bond acceptors (Lipinski definition) is 1. The molecule has 0 unspecified atom stereocenters. The van der Waals surface area contributed by atoms with Crippen molar-refractivity contribution in [2.24, 2.45) is 5.41 Å². The number of halogens is 2. The SMILES string of the molecule is CN(Cc1ccccc1Br)CC1(CBr)CCC1. The summed E-state index contributed by atoms with van der Waals surface area (Å²) in [7, 11) is 2.22. The van der Waals surface area contributed by atoms with Gasteiger partial charge in [-0.1, -0.05) is 56.5 Å². The third kappa shape index (κ3) is 3.33. The lowest BCUT2D eigenvalue weighted by Gasteiger charge is -2.43. The molecule has 1 aliphatic rings. The minimum absolute atomic E-state index is 0.538. The lowest BCUT2D eigenvalue weighted by molar-refractivity contribution is 0.102. The van der Waals surface area contributed by atoms with Crippen molar-refractivity contribution in [2.45, 2.75) is 25.8 Å². The molecule has 1 fully saturated rings. The second kappa shape index (κ2) is 5.85. The predicted molar refractivity (Wildman–Crippen MR) is 80.6 cm³/mol. The molecule has 0 amide bonds. The van der Waals surface area contributed by atoms with Gasteiger partial charge in [-0.05, 0) is 36.9 Å². The number of hydrogen-bond donors (Lipinski definition) is 0. The Kier molecular flexibility index (Phi) is 4.67. The molecule has 0 aliphatic heterocycles. The number of nitrogens with zero attached hydrogens (tertiary/aromatic N) is 1. The van der Waals surface area contributed by atoms with E-state index in [0.29, 0.717) is 5.41 Å². The molecule has 0 saturated heterocycles. The number of benzene rings is 1. The van der Waals surface area contributed by atoms with Crippen molar-refractivity contribution in [3.63, 3.8) is 0 Å². The van der Waals surface area contributed by atoms with Crippen molar-refractivity contribution in [3.05, 3.63) is 34.3 Å². The summed E-state index contributed by atoms with van der Waals surface area (Å²) in [6.07, 6.45) is 4.14. The Hall–Kier alpha value is 0.140. The Morgan fingerprint density at radius 3 is 2.53 bits per heavy atom. The predicted octanol–water partition coefficient (Wildman–Crippen LogP) is 4.45. The van der Waals surface area contributed by atoms with E-state index in [-0.39, 0.29) is 0 Å². The van der Waals surface area contributed by atoms with Crippen LogP contribution in [0.1, 0.15) is 24.8 Å². The number of alkyl halides is 1. The normalized spacial score (nSPS) is 18.1. The van der Waals surface area contributed by atoms with Crippen LogP contribution in [0.25, 0.3) is 0 Å². The fraction of sp³-hybridized carbons (Fsp3) is 0.571. The zero-order valence-corrected chi connectivity index (χ0v) is 13.4. The second-order valence-corrected chi connectivity index (χ2v) is 6.67. The van der Waals surface area contributed by atoms with E-state index >= 15 is 0 Å². The van der Waals surface area contributed by atoms with Crippen LogP contribution in [-0.2, 0) is 6.54 Å². The lowest BCUT2D eigenvalue weighted by atomic mass is 9.70. The molecule has 17 heavy (non-hydrogen) atoms.